The smallest absolute Gasteiger partial charge is 0.203 e. The zero-order valence-corrected chi connectivity index (χ0v) is 16.5. The Bertz CT molecular complexity index is 588. The van der Waals surface area contributed by atoms with Crippen molar-refractivity contribution in [1.82, 2.24) is 0 Å². The molecule has 4 heteroatoms. The first-order valence-electron chi connectivity index (χ1n) is 10.8. The number of hydrogen-bond donors (Lipinski definition) is 0. The second-order valence-corrected chi connectivity index (χ2v) is 8.69. The highest BCUT2D eigenvalue weighted by Crippen LogP contribution is 2.42. The van der Waals surface area contributed by atoms with Crippen molar-refractivity contribution < 1.29 is 17.9 Å². The van der Waals surface area contributed by atoms with Gasteiger partial charge in [-0.3, -0.25) is 0 Å². The average Bonchev–Trinajstić information content (AvgIpc) is 2.71. The van der Waals surface area contributed by atoms with Crippen LogP contribution in [0.1, 0.15) is 77.6 Å². The van der Waals surface area contributed by atoms with E-state index < -0.39 is 17.5 Å². The maximum absolute atomic E-state index is 13.7. The van der Waals surface area contributed by atoms with E-state index in [9.17, 15) is 13.2 Å². The summed E-state index contributed by atoms with van der Waals surface area (Å²) in [5.74, 6) is -0.978. The summed E-state index contributed by atoms with van der Waals surface area (Å²) in [4.78, 5) is 0. The molecule has 1 aromatic rings. The average molecular weight is 383 g/mol. The van der Waals surface area contributed by atoms with Gasteiger partial charge in [0.2, 0.25) is 5.82 Å². The van der Waals surface area contributed by atoms with Crippen LogP contribution >= 0.6 is 0 Å². The van der Waals surface area contributed by atoms with Gasteiger partial charge in [-0.05, 0) is 74.3 Å². The van der Waals surface area contributed by atoms with Gasteiger partial charge in [0.25, 0.3) is 0 Å². The van der Waals surface area contributed by atoms with Gasteiger partial charge in [0.1, 0.15) is 0 Å². The Kier molecular flexibility index (Phi) is 7.49. The fraction of sp³-hybridized carbons (Fsp3) is 0.739. The van der Waals surface area contributed by atoms with Gasteiger partial charge in [-0.1, -0.05) is 39.0 Å². The Morgan fingerprint density at radius 1 is 0.815 bits per heavy atom. The van der Waals surface area contributed by atoms with Crippen molar-refractivity contribution in [2.75, 3.05) is 6.61 Å². The molecule has 27 heavy (non-hydrogen) atoms. The monoisotopic (exact) mass is 382 g/mol. The van der Waals surface area contributed by atoms with Crippen molar-refractivity contribution in [2.45, 2.75) is 77.6 Å². The third-order valence-corrected chi connectivity index (χ3v) is 6.89. The molecule has 1 nitrogen and oxygen atoms in total. The first-order chi connectivity index (χ1) is 13.1. The maximum Gasteiger partial charge on any atom is 0.203 e. The summed E-state index contributed by atoms with van der Waals surface area (Å²) >= 11 is 0. The quantitative estimate of drug-likeness (QED) is 0.450. The first-order valence-corrected chi connectivity index (χ1v) is 10.8. The topological polar surface area (TPSA) is 9.23 Å². The summed E-state index contributed by atoms with van der Waals surface area (Å²) < 4.78 is 45.4. The lowest BCUT2D eigenvalue weighted by atomic mass is 9.69. The minimum absolute atomic E-state index is 0.179. The van der Waals surface area contributed by atoms with E-state index in [2.05, 4.69) is 6.92 Å². The van der Waals surface area contributed by atoms with Crippen LogP contribution in [0, 0.1) is 41.1 Å². The lowest BCUT2D eigenvalue weighted by molar-refractivity contribution is 0.120. The van der Waals surface area contributed by atoms with Gasteiger partial charge in [-0.25, -0.2) is 8.78 Å². The largest absolute Gasteiger partial charge is 0.490 e. The zero-order chi connectivity index (χ0) is 19.2. The Balaban J connectivity index is 1.39. The molecule has 152 valence electrons. The molecule has 2 aliphatic carbocycles. The van der Waals surface area contributed by atoms with Crippen LogP contribution in [-0.4, -0.2) is 6.61 Å². The molecule has 2 aliphatic rings. The highest BCUT2D eigenvalue weighted by atomic mass is 19.2. The fourth-order valence-corrected chi connectivity index (χ4v) is 5.09. The molecule has 0 N–H and O–H groups in total. The van der Waals surface area contributed by atoms with Gasteiger partial charge in [-0.2, -0.15) is 4.39 Å². The minimum Gasteiger partial charge on any atom is -0.490 e. The minimum atomic E-state index is -1.45. The molecule has 0 aromatic heterocycles. The predicted molar refractivity (Wildman–Crippen MR) is 102 cm³/mol. The second-order valence-electron chi connectivity index (χ2n) is 8.69. The number of halogens is 3. The third kappa shape index (κ3) is 5.42. The predicted octanol–water partition coefficient (Wildman–Crippen LogP) is 7.29. The van der Waals surface area contributed by atoms with Crippen LogP contribution in [0.25, 0.3) is 0 Å². The molecule has 0 amide bonds. The molecule has 0 saturated heterocycles. The summed E-state index contributed by atoms with van der Waals surface area (Å²) in [5, 5.41) is 0. The lowest BCUT2D eigenvalue weighted by Gasteiger charge is -2.37. The van der Waals surface area contributed by atoms with Crippen LogP contribution < -0.4 is 4.74 Å². The van der Waals surface area contributed by atoms with Crippen LogP contribution in [0.2, 0.25) is 0 Å². The van der Waals surface area contributed by atoms with Crippen LogP contribution in [-0.2, 0) is 0 Å². The number of ether oxygens (including phenoxy) is 1. The summed E-state index contributed by atoms with van der Waals surface area (Å²) in [6.07, 6.45) is 14.3. The van der Waals surface area contributed by atoms with Crippen LogP contribution in [0.3, 0.4) is 0 Å². The standard InChI is InChI=1S/C23H33F3O/c1-2-3-4-16-5-9-18(10-6-16)19-11-7-17(8-12-19)15-27-21-14-13-20(24)22(25)23(21)26/h13-14,16-19H,2-12,15H2,1H3/t16-,17-,18-,19-. The molecular weight excluding hydrogens is 349 g/mol. The van der Waals surface area contributed by atoms with Crippen LogP contribution in [0.15, 0.2) is 12.1 Å². The summed E-state index contributed by atoms with van der Waals surface area (Å²) in [6, 6.07) is 2.10. The van der Waals surface area contributed by atoms with Crippen molar-refractivity contribution in [3.05, 3.63) is 29.6 Å². The third-order valence-electron chi connectivity index (χ3n) is 6.89. The Labute approximate surface area is 161 Å². The highest BCUT2D eigenvalue weighted by Gasteiger charge is 2.31. The molecule has 0 aliphatic heterocycles. The zero-order valence-electron chi connectivity index (χ0n) is 16.5. The summed E-state index contributed by atoms with van der Waals surface area (Å²) in [5.41, 5.74) is 0. The van der Waals surface area contributed by atoms with E-state index in [-0.39, 0.29) is 5.75 Å². The SMILES string of the molecule is CCCC[C@H]1CC[C@H]([C@H]2CC[C@H](COc3ccc(F)c(F)c3F)CC2)CC1. The van der Waals surface area contributed by atoms with Crippen LogP contribution in [0.5, 0.6) is 5.75 Å². The van der Waals surface area contributed by atoms with Crippen molar-refractivity contribution >= 4 is 0 Å². The summed E-state index contributed by atoms with van der Waals surface area (Å²) in [6.45, 7) is 2.66. The molecule has 2 fully saturated rings. The number of rotatable bonds is 7. The van der Waals surface area contributed by atoms with E-state index in [0.29, 0.717) is 12.5 Å². The van der Waals surface area contributed by atoms with Crippen molar-refractivity contribution in [3.8, 4) is 5.75 Å². The van der Waals surface area contributed by atoms with E-state index in [0.717, 1.165) is 36.7 Å². The molecule has 0 bridgehead atoms. The summed E-state index contributed by atoms with van der Waals surface area (Å²) in [7, 11) is 0. The van der Waals surface area contributed by atoms with Gasteiger partial charge in [0, 0.05) is 0 Å². The maximum atomic E-state index is 13.7. The second kappa shape index (κ2) is 9.84. The molecule has 0 spiro atoms. The Morgan fingerprint density at radius 3 is 2.00 bits per heavy atom. The van der Waals surface area contributed by atoms with Gasteiger partial charge in [0.15, 0.2) is 17.4 Å². The lowest BCUT2D eigenvalue weighted by Crippen LogP contribution is -2.27. The van der Waals surface area contributed by atoms with Gasteiger partial charge in [-0.15, -0.1) is 0 Å². The van der Waals surface area contributed by atoms with E-state index in [1.165, 1.54) is 63.9 Å². The van der Waals surface area contributed by atoms with Crippen molar-refractivity contribution in [1.29, 1.82) is 0 Å². The van der Waals surface area contributed by atoms with Crippen LogP contribution in [0.4, 0.5) is 13.2 Å². The Morgan fingerprint density at radius 2 is 1.41 bits per heavy atom. The van der Waals surface area contributed by atoms with E-state index in [4.69, 9.17) is 4.74 Å². The normalized spacial score (nSPS) is 28.9. The van der Waals surface area contributed by atoms with Crippen molar-refractivity contribution in [3.63, 3.8) is 0 Å². The fourth-order valence-electron chi connectivity index (χ4n) is 5.09. The number of benzene rings is 1. The van der Waals surface area contributed by atoms with E-state index >= 15 is 0 Å². The van der Waals surface area contributed by atoms with Gasteiger partial charge >= 0.3 is 0 Å². The highest BCUT2D eigenvalue weighted by molar-refractivity contribution is 5.26. The van der Waals surface area contributed by atoms with E-state index in [1.54, 1.807) is 0 Å². The number of hydrogen-bond acceptors (Lipinski definition) is 1. The molecule has 0 atom stereocenters. The molecule has 0 heterocycles. The molecule has 2 saturated carbocycles. The molecule has 0 unspecified atom stereocenters. The Hall–Kier alpha value is -1.19. The first kappa shape index (κ1) is 20.5. The molecule has 0 radical (unpaired) electrons. The molecule has 1 aromatic carbocycles. The van der Waals surface area contributed by atoms with E-state index in [1.807, 2.05) is 0 Å². The molecule has 3 rings (SSSR count). The van der Waals surface area contributed by atoms with Gasteiger partial charge < -0.3 is 4.74 Å². The number of unbranched alkanes of at least 4 members (excludes halogenated alkanes) is 1. The van der Waals surface area contributed by atoms with Crippen molar-refractivity contribution in [2.24, 2.45) is 23.7 Å². The molecular formula is C23H33F3O. The van der Waals surface area contributed by atoms with Gasteiger partial charge in [0.05, 0.1) is 6.61 Å².